The quantitative estimate of drug-likeness (QED) is 0.656. The van der Waals surface area contributed by atoms with E-state index in [1.165, 1.54) is 10.7 Å². The van der Waals surface area contributed by atoms with E-state index in [4.69, 9.17) is 11.6 Å². The molecule has 0 atom stereocenters. The monoisotopic (exact) mass is 304 g/mol. The second-order valence-corrected chi connectivity index (χ2v) is 4.95. The normalized spacial score (nSPS) is 11.0. The highest BCUT2D eigenvalue weighted by Crippen LogP contribution is 2.28. The van der Waals surface area contributed by atoms with Crippen molar-refractivity contribution in [2.45, 2.75) is 6.43 Å². The number of para-hydroxylation sites is 1. The van der Waals surface area contributed by atoms with Crippen LogP contribution >= 0.6 is 11.6 Å². The number of nitrogens with zero attached hydrogens (tertiary/aromatic N) is 2. The predicted molar refractivity (Wildman–Crippen MR) is 79.0 cm³/mol. The van der Waals surface area contributed by atoms with Gasteiger partial charge in [0, 0.05) is 10.6 Å². The Morgan fingerprint density at radius 3 is 2.24 bits per heavy atom. The second kappa shape index (κ2) is 5.66. The number of hydrogen-bond donors (Lipinski definition) is 0. The van der Waals surface area contributed by atoms with Crippen LogP contribution in [0.2, 0.25) is 5.02 Å². The Bertz CT molecular complexity index is 737. The standard InChI is InChI=1S/C16H11ClF2N2/c17-12-8-6-11(7-9-12)15-10-14(16(18)19)20-21(15)13-4-2-1-3-5-13/h1-10,16H. The Morgan fingerprint density at radius 1 is 0.952 bits per heavy atom. The summed E-state index contributed by atoms with van der Waals surface area (Å²) in [6.07, 6.45) is -2.61. The number of aromatic nitrogens is 2. The molecule has 5 heteroatoms. The van der Waals surface area contributed by atoms with Gasteiger partial charge < -0.3 is 0 Å². The molecular formula is C16H11ClF2N2. The molecule has 0 aliphatic heterocycles. The van der Waals surface area contributed by atoms with Crippen LogP contribution in [0.5, 0.6) is 0 Å². The molecule has 106 valence electrons. The topological polar surface area (TPSA) is 17.8 Å². The van der Waals surface area contributed by atoms with Crippen LogP contribution in [0.1, 0.15) is 12.1 Å². The molecule has 2 nitrogen and oxygen atoms in total. The smallest absolute Gasteiger partial charge is 0.233 e. The zero-order valence-electron chi connectivity index (χ0n) is 10.9. The summed E-state index contributed by atoms with van der Waals surface area (Å²) < 4.78 is 27.4. The van der Waals surface area contributed by atoms with Crippen molar-refractivity contribution >= 4 is 11.6 Å². The summed E-state index contributed by atoms with van der Waals surface area (Å²) in [7, 11) is 0. The fraction of sp³-hybridized carbons (Fsp3) is 0.0625. The van der Waals surface area contributed by atoms with Crippen molar-refractivity contribution in [3.63, 3.8) is 0 Å². The van der Waals surface area contributed by atoms with E-state index in [9.17, 15) is 8.78 Å². The van der Waals surface area contributed by atoms with Gasteiger partial charge in [-0.15, -0.1) is 0 Å². The zero-order chi connectivity index (χ0) is 14.8. The van der Waals surface area contributed by atoms with Crippen LogP contribution in [-0.4, -0.2) is 9.78 Å². The van der Waals surface area contributed by atoms with Crippen LogP contribution in [0.25, 0.3) is 16.9 Å². The predicted octanol–water partition coefficient (Wildman–Crippen LogP) is 5.13. The van der Waals surface area contributed by atoms with Crippen LogP contribution in [0.4, 0.5) is 8.78 Å². The van der Waals surface area contributed by atoms with Crippen molar-refractivity contribution in [1.82, 2.24) is 9.78 Å². The largest absolute Gasteiger partial charge is 0.282 e. The zero-order valence-corrected chi connectivity index (χ0v) is 11.6. The van der Waals surface area contributed by atoms with E-state index in [2.05, 4.69) is 5.10 Å². The van der Waals surface area contributed by atoms with Crippen molar-refractivity contribution in [3.8, 4) is 16.9 Å². The van der Waals surface area contributed by atoms with Gasteiger partial charge in [-0.05, 0) is 30.3 Å². The SMILES string of the molecule is FC(F)c1cc(-c2ccc(Cl)cc2)n(-c2ccccc2)n1. The molecule has 21 heavy (non-hydrogen) atoms. The Labute approximate surface area is 125 Å². The maximum absolute atomic E-state index is 13.0. The van der Waals surface area contributed by atoms with E-state index >= 15 is 0 Å². The van der Waals surface area contributed by atoms with Gasteiger partial charge in [0.2, 0.25) is 0 Å². The summed E-state index contributed by atoms with van der Waals surface area (Å²) in [4.78, 5) is 0. The van der Waals surface area contributed by atoms with E-state index in [-0.39, 0.29) is 5.69 Å². The fourth-order valence-electron chi connectivity index (χ4n) is 2.10. The number of halogens is 3. The molecule has 0 saturated carbocycles. The van der Waals surface area contributed by atoms with Crippen LogP contribution in [0, 0.1) is 0 Å². The molecule has 0 aliphatic carbocycles. The third-order valence-electron chi connectivity index (χ3n) is 3.09. The van der Waals surface area contributed by atoms with Gasteiger partial charge >= 0.3 is 0 Å². The van der Waals surface area contributed by atoms with Gasteiger partial charge in [-0.1, -0.05) is 41.9 Å². The van der Waals surface area contributed by atoms with Crippen LogP contribution in [0.3, 0.4) is 0 Å². The Hall–Kier alpha value is -2.20. The van der Waals surface area contributed by atoms with Crippen LogP contribution in [0.15, 0.2) is 60.7 Å². The molecule has 0 spiro atoms. The van der Waals surface area contributed by atoms with Gasteiger partial charge in [0.15, 0.2) is 0 Å². The van der Waals surface area contributed by atoms with Gasteiger partial charge in [0.05, 0.1) is 11.4 Å². The first-order chi connectivity index (χ1) is 10.1. The summed E-state index contributed by atoms with van der Waals surface area (Å²) in [6, 6.07) is 17.6. The molecule has 0 aliphatic rings. The summed E-state index contributed by atoms with van der Waals surface area (Å²) in [6.45, 7) is 0. The number of hydrogen-bond acceptors (Lipinski definition) is 1. The molecule has 0 radical (unpaired) electrons. The summed E-state index contributed by atoms with van der Waals surface area (Å²) in [5.74, 6) is 0. The summed E-state index contributed by atoms with van der Waals surface area (Å²) in [5.41, 5.74) is 1.87. The molecule has 1 aromatic heterocycles. The maximum atomic E-state index is 13.0. The van der Waals surface area contributed by atoms with Gasteiger partial charge in [-0.3, -0.25) is 0 Å². The van der Waals surface area contributed by atoms with Crippen molar-refractivity contribution in [2.75, 3.05) is 0 Å². The molecule has 0 N–H and O–H groups in total. The minimum atomic E-state index is -2.61. The van der Waals surface area contributed by atoms with Gasteiger partial charge in [0.25, 0.3) is 6.43 Å². The first-order valence-corrected chi connectivity index (χ1v) is 6.72. The highest BCUT2D eigenvalue weighted by Gasteiger charge is 2.17. The first kappa shape index (κ1) is 13.8. The lowest BCUT2D eigenvalue weighted by atomic mass is 10.1. The molecule has 1 heterocycles. The van der Waals surface area contributed by atoms with E-state index in [0.717, 1.165) is 11.3 Å². The Morgan fingerprint density at radius 2 is 1.62 bits per heavy atom. The number of alkyl halides is 2. The minimum Gasteiger partial charge on any atom is -0.233 e. The van der Waals surface area contributed by atoms with E-state index in [1.807, 2.05) is 30.3 Å². The van der Waals surface area contributed by atoms with E-state index in [0.29, 0.717) is 10.7 Å². The number of rotatable bonds is 3. The van der Waals surface area contributed by atoms with Crippen LogP contribution < -0.4 is 0 Å². The molecule has 3 aromatic rings. The molecular weight excluding hydrogens is 294 g/mol. The lowest BCUT2D eigenvalue weighted by molar-refractivity contribution is 0.145. The summed E-state index contributed by atoms with van der Waals surface area (Å²) >= 11 is 5.87. The maximum Gasteiger partial charge on any atom is 0.282 e. The average Bonchev–Trinajstić information content (AvgIpc) is 2.94. The van der Waals surface area contributed by atoms with Crippen molar-refractivity contribution in [1.29, 1.82) is 0 Å². The van der Waals surface area contributed by atoms with Gasteiger partial charge in [0.1, 0.15) is 5.69 Å². The third kappa shape index (κ3) is 2.81. The Kier molecular flexibility index (Phi) is 3.71. The minimum absolute atomic E-state index is 0.246. The molecule has 0 bridgehead atoms. The first-order valence-electron chi connectivity index (χ1n) is 6.34. The van der Waals surface area contributed by atoms with Gasteiger partial charge in [-0.2, -0.15) is 5.10 Å². The van der Waals surface area contributed by atoms with Crippen molar-refractivity contribution in [2.24, 2.45) is 0 Å². The molecule has 0 unspecified atom stereocenters. The molecule has 2 aromatic carbocycles. The van der Waals surface area contributed by atoms with Crippen molar-refractivity contribution in [3.05, 3.63) is 71.4 Å². The highest BCUT2D eigenvalue weighted by atomic mass is 35.5. The van der Waals surface area contributed by atoms with E-state index < -0.39 is 6.43 Å². The third-order valence-corrected chi connectivity index (χ3v) is 3.34. The lowest BCUT2D eigenvalue weighted by Crippen LogP contribution is -1.99. The Balaban J connectivity index is 2.16. The fourth-order valence-corrected chi connectivity index (χ4v) is 2.22. The molecule has 0 amide bonds. The molecule has 3 rings (SSSR count). The lowest BCUT2D eigenvalue weighted by Gasteiger charge is -2.07. The average molecular weight is 305 g/mol. The highest BCUT2D eigenvalue weighted by molar-refractivity contribution is 6.30. The van der Waals surface area contributed by atoms with Crippen LogP contribution in [-0.2, 0) is 0 Å². The molecule has 0 fully saturated rings. The summed E-state index contributed by atoms with van der Waals surface area (Å²) in [5, 5.41) is 4.61. The number of benzene rings is 2. The van der Waals surface area contributed by atoms with E-state index in [1.54, 1.807) is 24.3 Å². The van der Waals surface area contributed by atoms with Gasteiger partial charge in [-0.25, -0.2) is 13.5 Å². The van der Waals surface area contributed by atoms with Crippen molar-refractivity contribution < 1.29 is 8.78 Å². The second-order valence-electron chi connectivity index (χ2n) is 4.51. The molecule has 0 saturated heterocycles.